The fourth-order valence-corrected chi connectivity index (χ4v) is 2.29. The van der Waals surface area contributed by atoms with Crippen LogP contribution >= 0.6 is 12.4 Å². The molecule has 0 aromatic heterocycles. The van der Waals surface area contributed by atoms with Gasteiger partial charge >= 0.3 is 6.18 Å². The van der Waals surface area contributed by atoms with Gasteiger partial charge in [-0.1, -0.05) is 0 Å². The van der Waals surface area contributed by atoms with Crippen molar-refractivity contribution in [2.75, 3.05) is 13.1 Å². The van der Waals surface area contributed by atoms with Crippen LogP contribution in [-0.4, -0.2) is 30.0 Å². The van der Waals surface area contributed by atoms with Crippen molar-refractivity contribution in [1.82, 2.24) is 10.6 Å². The molecule has 6 nitrogen and oxygen atoms in total. The zero-order valence-electron chi connectivity index (χ0n) is 11.9. The molecule has 0 bridgehead atoms. The van der Waals surface area contributed by atoms with E-state index in [1.807, 2.05) is 0 Å². The first-order valence-corrected chi connectivity index (χ1v) is 6.66. The van der Waals surface area contributed by atoms with E-state index in [9.17, 15) is 28.1 Å². The second kappa shape index (κ2) is 7.60. The zero-order valence-corrected chi connectivity index (χ0v) is 12.7. The van der Waals surface area contributed by atoms with Gasteiger partial charge in [-0.3, -0.25) is 14.9 Å². The van der Waals surface area contributed by atoms with Gasteiger partial charge in [0.2, 0.25) is 0 Å². The standard InChI is InChI=1S/C13H14F3N3O3.ClH/c14-13(15,16)8-3-4-10(11(6-8)19(21)22)12(20)18-7-9-2-1-5-17-9;/h3-4,6,9,17H,1-2,5,7H2,(H,18,20);1H. The van der Waals surface area contributed by atoms with Crippen LogP contribution in [0.3, 0.4) is 0 Å². The Hall–Kier alpha value is -1.87. The maximum Gasteiger partial charge on any atom is 0.416 e. The predicted molar refractivity (Wildman–Crippen MR) is 78.7 cm³/mol. The lowest BCUT2D eigenvalue weighted by Gasteiger charge is -2.12. The van der Waals surface area contributed by atoms with E-state index in [-0.39, 0.29) is 30.6 Å². The van der Waals surface area contributed by atoms with E-state index >= 15 is 0 Å². The van der Waals surface area contributed by atoms with E-state index in [0.717, 1.165) is 25.5 Å². The molecule has 1 aliphatic rings. The van der Waals surface area contributed by atoms with Crippen LogP contribution in [0.25, 0.3) is 0 Å². The van der Waals surface area contributed by atoms with Gasteiger partial charge in [0.15, 0.2) is 0 Å². The molecule has 1 aromatic rings. The summed E-state index contributed by atoms with van der Waals surface area (Å²) >= 11 is 0. The molecule has 0 aliphatic carbocycles. The summed E-state index contributed by atoms with van der Waals surface area (Å²) < 4.78 is 37.8. The van der Waals surface area contributed by atoms with Crippen LogP contribution in [0, 0.1) is 10.1 Å². The number of halogens is 4. The first-order chi connectivity index (χ1) is 10.3. The van der Waals surface area contributed by atoms with E-state index in [2.05, 4.69) is 10.6 Å². The Kier molecular flexibility index (Phi) is 6.34. The number of hydrogen-bond donors (Lipinski definition) is 2. The monoisotopic (exact) mass is 353 g/mol. The molecule has 0 saturated carbocycles. The van der Waals surface area contributed by atoms with Crippen molar-refractivity contribution >= 4 is 24.0 Å². The van der Waals surface area contributed by atoms with Gasteiger partial charge in [0.05, 0.1) is 10.5 Å². The maximum atomic E-state index is 12.6. The number of carbonyl (C=O) groups excluding carboxylic acids is 1. The van der Waals surface area contributed by atoms with E-state index in [1.54, 1.807) is 0 Å². The fraction of sp³-hybridized carbons (Fsp3) is 0.462. The maximum absolute atomic E-state index is 12.6. The zero-order chi connectivity index (χ0) is 16.3. The quantitative estimate of drug-likeness (QED) is 0.643. The van der Waals surface area contributed by atoms with E-state index in [4.69, 9.17) is 0 Å². The summed E-state index contributed by atoms with van der Waals surface area (Å²) in [5.74, 6) is -0.755. The highest BCUT2D eigenvalue weighted by Gasteiger charge is 2.34. The van der Waals surface area contributed by atoms with Crippen molar-refractivity contribution < 1.29 is 22.9 Å². The lowest BCUT2D eigenvalue weighted by Crippen LogP contribution is -2.37. The summed E-state index contributed by atoms with van der Waals surface area (Å²) in [6.45, 7) is 1.11. The number of rotatable bonds is 4. The summed E-state index contributed by atoms with van der Waals surface area (Å²) in [4.78, 5) is 21.9. The largest absolute Gasteiger partial charge is 0.416 e. The lowest BCUT2D eigenvalue weighted by atomic mass is 10.1. The minimum atomic E-state index is -4.70. The SMILES string of the molecule is Cl.O=C(NCC1CCCN1)c1ccc(C(F)(F)F)cc1[N+](=O)[O-]. The highest BCUT2D eigenvalue weighted by molar-refractivity contribution is 5.98. The summed E-state index contributed by atoms with van der Waals surface area (Å²) in [6, 6.07) is 1.95. The Morgan fingerprint density at radius 3 is 2.65 bits per heavy atom. The number of nitrogens with zero attached hydrogens (tertiary/aromatic N) is 1. The van der Waals surface area contributed by atoms with Gasteiger partial charge in [-0.15, -0.1) is 12.4 Å². The number of amides is 1. The van der Waals surface area contributed by atoms with Gasteiger partial charge in [0.25, 0.3) is 11.6 Å². The molecule has 1 aliphatic heterocycles. The fourth-order valence-electron chi connectivity index (χ4n) is 2.29. The van der Waals surface area contributed by atoms with Gasteiger partial charge in [0.1, 0.15) is 5.56 Å². The molecule has 1 fully saturated rings. The van der Waals surface area contributed by atoms with Crippen LogP contribution in [0.2, 0.25) is 0 Å². The first kappa shape index (κ1) is 19.2. The van der Waals surface area contributed by atoms with Crippen molar-refractivity contribution in [3.05, 3.63) is 39.4 Å². The number of benzene rings is 1. The van der Waals surface area contributed by atoms with Crippen LogP contribution in [-0.2, 0) is 6.18 Å². The molecule has 0 spiro atoms. The van der Waals surface area contributed by atoms with Crippen molar-refractivity contribution in [2.45, 2.75) is 25.1 Å². The second-order valence-electron chi connectivity index (χ2n) is 4.99. The molecular weight excluding hydrogens is 339 g/mol. The molecule has 1 heterocycles. The van der Waals surface area contributed by atoms with Gasteiger partial charge in [0, 0.05) is 18.7 Å². The van der Waals surface area contributed by atoms with Gasteiger partial charge in [-0.05, 0) is 31.5 Å². The summed E-state index contributed by atoms with van der Waals surface area (Å²) in [7, 11) is 0. The number of hydrogen-bond acceptors (Lipinski definition) is 4. The summed E-state index contributed by atoms with van der Waals surface area (Å²) in [5.41, 5.74) is -2.39. The number of alkyl halides is 3. The third-order valence-corrected chi connectivity index (χ3v) is 3.44. The summed E-state index contributed by atoms with van der Waals surface area (Å²) in [6.07, 6.45) is -2.86. The van der Waals surface area contributed by atoms with E-state index < -0.39 is 28.3 Å². The van der Waals surface area contributed by atoms with E-state index in [0.29, 0.717) is 12.1 Å². The molecule has 1 amide bonds. The van der Waals surface area contributed by atoms with Crippen LogP contribution in [0.4, 0.5) is 18.9 Å². The normalized spacial score (nSPS) is 17.4. The van der Waals surface area contributed by atoms with Crippen LogP contribution in [0.5, 0.6) is 0 Å². The third kappa shape index (κ3) is 4.80. The molecule has 128 valence electrons. The molecule has 23 heavy (non-hydrogen) atoms. The number of carbonyl (C=O) groups is 1. The van der Waals surface area contributed by atoms with Crippen LogP contribution < -0.4 is 10.6 Å². The minimum Gasteiger partial charge on any atom is -0.350 e. The molecule has 2 N–H and O–H groups in total. The molecule has 0 radical (unpaired) electrons. The van der Waals surface area contributed by atoms with Crippen LogP contribution in [0.15, 0.2) is 18.2 Å². The second-order valence-corrected chi connectivity index (χ2v) is 4.99. The molecule has 1 atom stereocenters. The number of nitro groups is 1. The van der Waals surface area contributed by atoms with Crippen molar-refractivity contribution in [1.29, 1.82) is 0 Å². The lowest BCUT2D eigenvalue weighted by molar-refractivity contribution is -0.385. The highest BCUT2D eigenvalue weighted by Crippen LogP contribution is 2.32. The Labute approximate surface area is 136 Å². The molecule has 10 heteroatoms. The van der Waals surface area contributed by atoms with E-state index in [1.165, 1.54) is 0 Å². The van der Waals surface area contributed by atoms with Crippen molar-refractivity contribution in [3.63, 3.8) is 0 Å². The number of nitrogens with one attached hydrogen (secondary N) is 2. The Bertz CT molecular complexity index is 590. The Morgan fingerprint density at radius 2 is 2.13 bits per heavy atom. The topological polar surface area (TPSA) is 84.3 Å². The van der Waals surface area contributed by atoms with Gasteiger partial charge < -0.3 is 10.6 Å². The smallest absolute Gasteiger partial charge is 0.350 e. The van der Waals surface area contributed by atoms with Gasteiger partial charge in [-0.2, -0.15) is 13.2 Å². The Morgan fingerprint density at radius 1 is 1.43 bits per heavy atom. The third-order valence-electron chi connectivity index (χ3n) is 3.44. The number of nitro benzene ring substituents is 1. The molecular formula is C13H15ClF3N3O3. The molecule has 1 saturated heterocycles. The summed E-state index contributed by atoms with van der Waals surface area (Å²) in [5, 5.41) is 16.6. The first-order valence-electron chi connectivity index (χ1n) is 6.66. The van der Waals surface area contributed by atoms with Crippen LogP contribution in [0.1, 0.15) is 28.8 Å². The predicted octanol–water partition coefficient (Wildman–Crippen LogP) is 2.52. The average Bonchev–Trinajstić information content (AvgIpc) is 2.96. The Balaban J connectivity index is 0.00000264. The van der Waals surface area contributed by atoms with Crippen molar-refractivity contribution in [2.24, 2.45) is 0 Å². The molecule has 1 aromatic carbocycles. The highest BCUT2D eigenvalue weighted by atomic mass is 35.5. The molecule has 1 unspecified atom stereocenters. The minimum absolute atomic E-state index is 0. The average molecular weight is 354 g/mol. The molecule has 2 rings (SSSR count). The van der Waals surface area contributed by atoms with Crippen molar-refractivity contribution in [3.8, 4) is 0 Å². The van der Waals surface area contributed by atoms with Gasteiger partial charge in [-0.25, -0.2) is 0 Å².